The van der Waals surface area contributed by atoms with Crippen molar-refractivity contribution in [2.75, 3.05) is 13.2 Å². The van der Waals surface area contributed by atoms with E-state index in [1.807, 2.05) is 30.3 Å². The molecule has 2 unspecified atom stereocenters. The first-order valence-electron chi connectivity index (χ1n) is 11.2. The Hall–Kier alpha value is -2.35. The summed E-state index contributed by atoms with van der Waals surface area (Å²) in [6.45, 7) is 0.287. The molecule has 39 heavy (non-hydrogen) atoms. The van der Waals surface area contributed by atoms with Crippen LogP contribution in [0.5, 0.6) is 5.75 Å². The van der Waals surface area contributed by atoms with Gasteiger partial charge in [-0.15, -0.1) is 11.3 Å². The van der Waals surface area contributed by atoms with E-state index in [1.165, 1.54) is 39.8 Å². The van der Waals surface area contributed by atoms with Gasteiger partial charge < -0.3 is 19.9 Å². The number of alkyl halides is 3. The van der Waals surface area contributed by atoms with Crippen LogP contribution in [-0.2, 0) is 19.1 Å². The lowest BCUT2D eigenvalue weighted by atomic mass is 10.1. The van der Waals surface area contributed by atoms with Crippen LogP contribution in [0.3, 0.4) is 0 Å². The fourth-order valence-electron chi connectivity index (χ4n) is 3.43. The maximum absolute atomic E-state index is 13.2. The zero-order valence-electron chi connectivity index (χ0n) is 20.0. The zero-order valence-corrected chi connectivity index (χ0v) is 24.7. The molecule has 2 N–H and O–H groups in total. The molecular formula is C24H20Cl3N3O6S3. The molecule has 2 amide bonds. The third kappa shape index (κ3) is 7.65. The van der Waals surface area contributed by atoms with Crippen molar-refractivity contribution < 1.29 is 29.0 Å². The number of halogens is 3. The monoisotopic (exact) mass is 647 g/mol. The molecule has 0 spiro atoms. The molecule has 0 aliphatic carbocycles. The van der Waals surface area contributed by atoms with Crippen molar-refractivity contribution in [3.8, 4) is 5.75 Å². The molecule has 0 bridgehead atoms. The van der Waals surface area contributed by atoms with E-state index in [2.05, 4.69) is 10.3 Å². The number of nitrogens with zero attached hydrogens (tertiary/aromatic N) is 2. The Kier molecular flexibility index (Phi) is 9.78. The van der Waals surface area contributed by atoms with E-state index in [1.54, 1.807) is 24.3 Å². The number of carbonyl (C=O) groups is 3. The van der Waals surface area contributed by atoms with Gasteiger partial charge in [-0.1, -0.05) is 75.9 Å². The second kappa shape index (κ2) is 12.9. The van der Waals surface area contributed by atoms with Gasteiger partial charge in [-0.05, 0) is 42.0 Å². The SMILES string of the molecule is C/C(O)=C(/C(=O)OCC(Cl)(Cl)Cl)N1C(=O)C(NC(=O)COc2ccccc2)C1SSc1nc2ccccc2s1. The first-order chi connectivity index (χ1) is 18.5. The summed E-state index contributed by atoms with van der Waals surface area (Å²) in [6, 6.07) is 15.3. The first-order valence-corrected chi connectivity index (χ1v) is 15.3. The highest BCUT2D eigenvalue weighted by molar-refractivity contribution is 8.77. The van der Waals surface area contributed by atoms with Crippen LogP contribution in [0.4, 0.5) is 0 Å². The molecule has 0 radical (unpaired) electrons. The molecule has 1 saturated heterocycles. The topological polar surface area (TPSA) is 118 Å². The van der Waals surface area contributed by atoms with Crippen molar-refractivity contribution in [2.24, 2.45) is 0 Å². The maximum Gasteiger partial charge on any atom is 0.358 e. The number of nitrogens with one attached hydrogen (secondary N) is 1. The van der Waals surface area contributed by atoms with Crippen LogP contribution in [0.1, 0.15) is 6.92 Å². The number of aromatic nitrogens is 1. The molecule has 9 nitrogen and oxygen atoms in total. The maximum atomic E-state index is 13.2. The Labute approximate surface area is 250 Å². The molecule has 206 valence electrons. The van der Waals surface area contributed by atoms with Gasteiger partial charge in [0.05, 0.1) is 10.2 Å². The number of aliphatic hydroxyl groups is 1. The van der Waals surface area contributed by atoms with Crippen molar-refractivity contribution in [3.05, 3.63) is 66.1 Å². The standard InChI is InChI=1S/C24H20Cl3N3O6S3/c1-13(31)19(22(34)36-12-24(25,26)27)30-20(33)18(29-17(32)11-35-14-7-3-2-4-8-14)21(30)38-39-23-28-15-9-5-6-10-16(15)37-23/h2-10,18,21,31H,11-12H2,1H3,(H,29,32)/b19-13+. The third-order valence-corrected chi connectivity index (χ3v) is 9.45. The van der Waals surface area contributed by atoms with E-state index < -0.39 is 51.1 Å². The number of hydrogen-bond donors (Lipinski definition) is 2. The van der Waals surface area contributed by atoms with Crippen LogP contribution < -0.4 is 10.1 Å². The highest BCUT2D eigenvalue weighted by Gasteiger charge is 2.53. The molecule has 3 aromatic rings. The number of rotatable bonds is 10. The fraction of sp³-hybridized carbons (Fsp3) is 0.250. The van der Waals surface area contributed by atoms with Crippen LogP contribution in [0.15, 0.2) is 70.4 Å². The quantitative estimate of drug-likeness (QED) is 0.0737. The largest absolute Gasteiger partial charge is 0.510 e. The van der Waals surface area contributed by atoms with Crippen LogP contribution in [-0.4, -0.2) is 61.2 Å². The molecule has 2 atom stereocenters. The number of likely N-dealkylation sites (tertiary alicyclic amines) is 1. The lowest BCUT2D eigenvalue weighted by molar-refractivity contribution is -0.153. The van der Waals surface area contributed by atoms with Gasteiger partial charge >= 0.3 is 5.97 Å². The van der Waals surface area contributed by atoms with E-state index in [4.69, 9.17) is 44.3 Å². The van der Waals surface area contributed by atoms with Gasteiger partial charge in [0.25, 0.3) is 11.8 Å². The fourth-order valence-corrected chi connectivity index (χ4v) is 7.51. The smallest absolute Gasteiger partial charge is 0.358 e. The molecule has 2 aromatic carbocycles. The van der Waals surface area contributed by atoms with E-state index in [-0.39, 0.29) is 6.61 Å². The number of para-hydroxylation sites is 2. The molecule has 1 aromatic heterocycles. The van der Waals surface area contributed by atoms with Crippen molar-refractivity contribution in [1.82, 2.24) is 15.2 Å². The van der Waals surface area contributed by atoms with Crippen molar-refractivity contribution >= 4 is 95.7 Å². The summed E-state index contributed by atoms with van der Waals surface area (Å²) in [6.07, 6.45) is 0. The summed E-state index contributed by atoms with van der Waals surface area (Å²) in [7, 11) is 2.44. The second-order valence-electron chi connectivity index (χ2n) is 8.00. The number of aliphatic hydroxyl groups excluding tert-OH is 1. The molecule has 15 heteroatoms. The number of ether oxygens (including phenoxy) is 2. The molecule has 1 fully saturated rings. The van der Waals surface area contributed by atoms with Crippen LogP contribution in [0, 0.1) is 0 Å². The second-order valence-corrected chi connectivity index (χ2v) is 14.1. The van der Waals surface area contributed by atoms with Gasteiger partial charge in [-0.25, -0.2) is 9.78 Å². The molecule has 4 rings (SSSR count). The summed E-state index contributed by atoms with van der Waals surface area (Å²) in [4.78, 5) is 44.2. The minimum absolute atomic E-state index is 0.330. The number of amides is 2. The number of hydrogen-bond acceptors (Lipinski definition) is 10. The average molecular weight is 649 g/mol. The normalized spacial score (nSPS) is 17.8. The van der Waals surface area contributed by atoms with Crippen molar-refractivity contribution in [3.63, 3.8) is 0 Å². The Bertz CT molecular complexity index is 1360. The summed E-state index contributed by atoms with van der Waals surface area (Å²) in [5.74, 6) is -2.24. The third-order valence-electron chi connectivity index (χ3n) is 5.11. The predicted octanol–water partition coefficient (Wildman–Crippen LogP) is 5.47. The molecule has 1 aliphatic heterocycles. The lowest BCUT2D eigenvalue weighted by Gasteiger charge is -2.46. The van der Waals surface area contributed by atoms with Gasteiger partial charge in [0.15, 0.2) is 16.6 Å². The minimum Gasteiger partial charge on any atom is -0.510 e. The lowest BCUT2D eigenvalue weighted by Crippen LogP contribution is -2.69. The Morgan fingerprint density at radius 1 is 1.15 bits per heavy atom. The molecule has 2 heterocycles. The van der Waals surface area contributed by atoms with E-state index in [9.17, 15) is 19.5 Å². The number of benzene rings is 2. The Morgan fingerprint density at radius 2 is 1.85 bits per heavy atom. The van der Waals surface area contributed by atoms with Gasteiger partial charge in [0.2, 0.25) is 3.79 Å². The summed E-state index contributed by atoms with van der Waals surface area (Å²) < 4.78 is 10.3. The number of β-lactam (4-membered cyclic amide) rings is 1. The predicted molar refractivity (Wildman–Crippen MR) is 154 cm³/mol. The summed E-state index contributed by atoms with van der Waals surface area (Å²) >= 11 is 18.5. The van der Waals surface area contributed by atoms with Crippen molar-refractivity contribution in [2.45, 2.75) is 26.5 Å². The molecule has 0 saturated carbocycles. The first kappa shape index (κ1) is 29.6. The van der Waals surface area contributed by atoms with Gasteiger partial charge in [-0.3, -0.25) is 14.5 Å². The number of fused-ring (bicyclic) bond motifs is 1. The zero-order chi connectivity index (χ0) is 28.2. The van der Waals surface area contributed by atoms with Crippen LogP contribution >= 0.6 is 67.7 Å². The summed E-state index contributed by atoms with van der Waals surface area (Å²) in [5.41, 5.74) is 0.389. The number of carbonyl (C=O) groups excluding carboxylic acids is 3. The highest BCUT2D eigenvalue weighted by Crippen LogP contribution is 2.45. The van der Waals surface area contributed by atoms with Gasteiger partial charge in [0.1, 0.15) is 29.5 Å². The number of thiazole rings is 1. The Morgan fingerprint density at radius 3 is 2.51 bits per heavy atom. The Balaban J connectivity index is 1.51. The van der Waals surface area contributed by atoms with Crippen LogP contribution in [0.25, 0.3) is 10.2 Å². The number of allylic oxidation sites excluding steroid dienone is 1. The van der Waals surface area contributed by atoms with Gasteiger partial charge in [0, 0.05) is 0 Å². The van der Waals surface area contributed by atoms with Gasteiger partial charge in [-0.2, -0.15) is 0 Å². The van der Waals surface area contributed by atoms with Crippen molar-refractivity contribution in [1.29, 1.82) is 0 Å². The number of esters is 1. The summed E-state index contributed by atoms with van der Waals surface area (Å²) in [5, 5.41) is 12.1. The minimum atomic E-state index is -1.89. The van der Waals surface area contributed by atoms with E-state index in [0.29, 0.717) is 10.1 Å². The van der Waals surface area contributed by atoms with E-state index in [0.717, 1.165) is 15.1 Å². The highest BCUT2D eigenvalue weighted by atomic mass is 35.6. The van der Waals surface area contributed by atoms with E-state index >= 15 is 0 Å². The molecule has 1 aliphatic rings. The molecular weight excluding hydrogens is 629 g/mol. The average Bonchev–Trinajstić information content (AvgIpc) is 3.32. The van der Waals surface area contributed by atoms with Crippen LogP contribution in [0.2, 0.25) is 0 Å².